The molecule has 5 nitrogen and oxygen atoms in total. The first-order chi connectivity index (χ1) is 12.7. The van der Waals surface area contributed by atoms with Crippen LogP contribution < -0.4 is 5.32 Å². The zero-order chi connectivity index (χ0) is 19.6. The summed E-state index contributed by atoms with van der Waals surface area (Å²) in [6.45, 7) is 1.90. The number of nitrogens with one attached hydrogen (secondary N) is 1. The highest BCUT2D eigenvalue weighted by Gasteiger charge is 2.16. The fraction of sp³-hybridized carbons (Fsp3) is 0.105. The molecule has 3 aromatic rings. The quantitative estimate of drug-likeness (QED) is 0.521. The third kappa shape index (κ3) is 5.28. The summed E-state index contributed by atoms with van der Waals surface area (Å²) in [6.07, 6.45) is 0.0741. The highest BCUT2D eigenvalue weighted by molar-refractivity contribution is 7.55. The first kappa shape index (κ1) is 19.8. The second-order valence-electron chi connectivity index (χ2n) is 6.12. The van der Waals surface area contributed by atoms with Gasteiger partial charge in [-0.15, -0.1) is 11.3 Å². The van der Waals surface area contributed by atoms with E-state index in [1.165, 1.54) is 11.3 Å². The van der Waals surface area contributed by atoms with Gasteiger partial charge < -0.3 is 15.1 Å². The Morgan fingerprint density at radius 1 is 1.22 bits per heavy atom. The molecule has 0 aliphatic carbocycles. The summed E-state index contributed by atoms with van der Waals surface area (Å²) in [5.41, 5.74) is 2.43. The van der Waals surface area contributed by atoms with E-state index in [9.17, 15) is 19.1 Å². The predicted molar refractivity (Wildman–Crippen MR) is 110 cm³/mol. The highest BCUT2D eigenvalue weighted by Crippen LogP contribution is 2.39. The van der Waals surface area contributed by atoms with Gasteiger partial charge >= 0.3 is 7.60 Å². The molecule has 8 heteroatoms. The van der Waals surface area contributed by atoms with Gasteiger partial charge in [0.25, 0.3) is 0 Å². The van der Waals surface area contributed by atoms with Crippen LogP contribution in [0.1, 0.15) is 16.7 Å². The number of carbonyl (C=O) groups is 1. The van der Waals surface area contributed by atoms with Gasteiger partial charge in [0.15, 0.2) is 0 Å². The van der Waals surface area contributed by atoms with Gasteiger partial charge in [-0.05, 0) is 47.0 Å². The van der Waals surface area contributed by atoms with E-state index in [0.29, 0.717) is 10.6 Å². The lowest BCUT2D eigenvalue weighted by molar-refractivity contribution is -0.119. The van der Waals surface area contributed by atoms with E-state index >= 15 is 0 Å². The third-order valence-electron chi connectivity index (χ3n) is 3.90. The first-order valence-corrected chi connectivity index (χ1v) is 11.0. The summed E-state index contributed by atoms with van der Waals surface area (Å²) >= 11 is 7.56. The second-order valence-corrected chi connectivity index (χ2v) is 8.91. The molecule has 140 valence electrons. The standard InChI is InChI=1S/C19H17ClNO4PS/c1-12-2-4-13(5-3-12)17(10-26(23,24)25)21-19(22)8-14-11-27-18-7-6-15(20)9-16(14)18/h2-7,9-11H,8H2,1H3,(H,21,22)(H2,23,24,25)/b17-10+. The van der Waals surface area contributed by atoms with E-state index in [1.807, 2.05) is 36.6 Å². The van der Waals surface area contributed by atoms with Crippen molar-refractivity contribution in [1.82, 2.24) is 5.32 Å². The molecular weight excluding hydrogens is 405 g/mol. The average Bonchev–Trinajstić information content (AvgIpc) is 2.96. The van der Waals surface area contributed by atoms with Crippen LogP contribution in [0, 0.1) is 6.92 Å². The van der Waals surface area contributed by atoms with Gasteiger partial charge in [-0.25, -0.2) is 0 Å². The van der Waals surface area contributed by atoms with E-state index in [2.05, 4.69) is 5.32 Å². The van der Waals surface area contributed by atoms with Crippen LogP contribution in [-0.4, -0.2) is 15.7 Å². The molecular formula is C19H17ClNO4PS. The van der Waals surface area contributed by atoms with Crippen molar-refractivity contribution in [2.45, 2.75) is 13.3 Å². The van der Waals surface area contributed by atoms with Crippen molar-refractivity contribution in [2.75, 3.05) is 0 Å². The molecule has 1 amide bonds. The van der Waals surface area contributed by atoms with Crippen LogP contribution in [0.3, 0.4) is 0 Å². The van der Waals surface area contributed by atoms with E-state index in [-0.39, 0.29) is 18.0 Å². The molecule has 0 atom stereocenters. The number of fused-ring (bicyclic) bond motifs is 1. The zero-order valence-corrected chi connectivity index (χ0v) is 16.8. The van der Waals surface area contributed by atoms with E-state index in [0.717, 1.165) is 27.0 Å². The molecule has 3 N–H and O–H groups in total. The number of halogens is 1. The minimum atomic E-state index is -4.46. The van der Waals surface area contributed by atoms with Crippen LogP contribution in [-0.2, 0) is 15.8 Å². The number of aryl methyl sites for hydroxylation is 1. The van der Waals surface area contributed by atoms with Crippen LogP contribution >= 0.6 is 30.5 Å². The third-order valence-corrected chi connectivity index (χ3v) is 5.74. The van der Waals surface area contributed by atoms with Crippen LogP contribution in [0.15, 0.2) is 53.7 Å². The Morgan fingerprint density at radius 2 is 1.93 bits per heavy atom. The summed E-state index contributed by atoms with van der Waals surface area (Å²) in [4.78, 5) is 31.2. The number of hydrogen-bond acceptors (Lipinski definition) is 3. The fourth-order valence-corrected chi connectivity index (χ4v) is 4.30. The van der Waals surface area contributed by atoms with Crippen molar-refractivity contribution < 1.29 is 19.1 Å². The Hall–Kier alpha value is -1.95. The minimum Gasteiger partial charge on any atom is -0.325 e. The topological polar surface area (TPSA) is 86.6 Å². The van der Waals surface area contributed by atoms with Crippen LogP contribution in [0.5, 0.6) is 0 Å². The number of carbonyl (C=O) groups excluding carboxylic acids is 1. The molecule has 3 rings (SSSR count). The smallest absolute Gasteiger partial charge is 0.325 e. The SMILES string of the molecule is Cc1ccc(/C(=C\P(=O)(O)O)NC(=O)Cc2csc3ccc(Cl)cc23)cc1. The first-order valence-electron chi connectivity index (χ1n) is 8.02. The molecule has 0 bridgehead atoms. The van der Waals surface area contributed by atoms with E-state index in [4.69, 9.17) is 11.6 Å². The maximum Gasteiger partial charge on any atom is 0.351 e. The average molecular weight is 422 g/mol. The van der Waals surface area contributed by atoms with Crippen molar-refractivity contribution in [2.24, 2.45) is 0 Å². The van der Waals surface area contributed by atoms with Gasteiger partial charge in [0.05, 0.1) is 17.9 Å². The normalized spacial score (nSPS) is 12.4. The molecule has 1 aromatic heterocycles. The van der Waals surface area contributed by atoms with Gasteiger partial charge in [-0.1, -0.05) is 41.4 Å². The van der Waals surface area contributed by atoms with Crippen molar-refractivity contribution in [3.8, 4) is 0 Å². The van der Waals surface area contributed by atoms with Crippen LogP contribution in [0.25, 0.3) is 15.8 Å². The highest BCUT2D eigenvalue weighted by atomic mass is 35.5. The predicted octanol–water partition coefficient (Wildman–Crippen LogP) is 4.70. The maximum atomic E-state index is 12.5. The molecule has 0 aliphatic heterocycles. The molecule has 0 fully saturated rings. The molecule has 0 unspecified atom stereocenters. The fourth-order valence-electron chi connectivity index (χ4n) is 2.64. The summed E-state index contributed by atoms with van der Waals surface area (Å²) in [5, 5.41) is 6.00. The van der Waals surface area contributed by atoms with Gasteiger partial charge in [-0.3, -0.25) is 9.36 Å². The van der Waals surface area contributed by atoms with Crippen LogP contribution in [0.2, 0.25) is 5.02 Å². The molecule has 2 aromatic carbocycles. The molecule has 0 spiro atoms. The van der Waals surface area contributed by atoms with Gasteiger partial charge in [0, 0.05) is 9.72 Å². The molecule has 0 aliphatic rings. The summed E-state index contributed by atoms with van der Waals surface area (Å²) in [7, 11) is -4.46. The van der Waals surface area contributed by atoms with E-state index < -0.39 is 7.60 Å². The monoisotopic (exact) mass is 421 g/mol. The minimum absolute atomic E-state index is 0.0741. The zero-order valence-electron chi connectivity index (χ0n) is 14.3. The van der Waals surface area contributed by atoms with Gasteiger partial charge in [0.2, 0.25) is 5.91 Å². The second kappa shape index (κ2) is 7.97. The van der Waals surface area contributed by atoms with Gasteiger partial charge in [-0.2, -0.15) is 0 Å². The van der Waals surface area contributed by atoms with Crippen molar-refractivity contribution >= 4 is 52.2 Å². The van der Waals surface area contributed by atoms with Crippen LogP contribution in [0.4, 0.5) is 0 Å². The van der Waals surface area contributed by atoms with Gasteiger partial charge in [0.1, 0.15) is 0 Å². The summed E-state index contributed by atoms with van der Waals surface area (Å²) in [6, 6.07) is 12.5. The molecule has 0 saturated carbocycles. The summed E-state index contributed by atoms with van der Waals surface area (Å²) < 4.78 is 12.5. The summed E-state index contributed by atoms with van der Waals surface area (Å²) in [5.74, 6) is 0.410. The molecule has 0 radical (unpaired) electrons. The Morgan fingerprint density at radius 3 is 2.59 bits per heavy atom. The number of hydrogen-bond donors (Lipinski definition) is 3. The number of benzene rings is 2. The number of thiophene rings is 1. The Kier molecular flexibility index (Phi) is 5.84. The Balaban J connectivity index is 1.86. The molecule has 27 heavy (non-hydrogen) atoms. The maximum absolute atomic E-state index is 12.5. The van der Waals surface area contributed by atoms with E-state index in [1.54, 1.807) is 18.2 Å². The van der Waals surface area contributed by atoms with Crippen molar-refractivity contribution in [1.29, 1.82) is 0 Å². The number of rotatable bonds is 5. The lowest BCUT2D eigenvalue weighted by Gasteiger charge is -2.11. The Labute approximate surface area is 165 Å². The lowest BCUT2D eigenvalue weighted by Crippen LogP contribution is -2.23. The lowest BCUT2D eigenvalue weighted by atomic mass is 10.1. The van der Waals surface area contributed by atoms with Crippen molar-refractivity contribution in [3.05, 3.63) is 75.4 Å². The molecule has 1 heterocycles. The number of amides is 1. The Bertz CT molecular complexity index is 1070. The molecule has 0 saturated heterocycles. The van der Waals surface area contributed by atoms with Crippen molar-refractivity contribution in [3.63, 3.8) is 0 Å². The largest absolute Gasteiger partial charge is 0.351 e.